The molecule has 1 saturated carbocycles. The lowest BCUT2D eigenvalue weighted by Gasteiger charge is -2.13. The third-order valence-electron chi connectivity index (χ3n) is 3.31. The molecule has 0 aromatic carbocycles. The average Bonchev–Trinajstić information content (AvgIpc) is 2.83. The summed E-state index contributed by atoms with van der Waals surface area (Å²) in [7, 11) is 0. The van der Waals surface area contributed by atoms with E-state index in [2.05, 4.69) is 22.2 Å². The van der Waals surface area contributed by atoms with E-state index in [0.29, 0.717) is 5.92 Å². The molecule has 0 aliphatic heterocycles. The largest absolute Gasteiger partial charge is 0.477 e. The number of nitrogens with one attached hydrogen (secondary N) is 1. The van der Waals surface area contributed by atoms with Crippen LogP contribution in [0.15, 0.2) is 6.33 Å². The van der Waals surface area contributed by atoms with Gasteiger partial charge in [-0.15, -0.1) is 0 Å². The van der Waals surface area contributed by atoms with Crippen molar-refractivity contribution in [3.8, 4) is 5.88 Å². The molecule has 0 bridgehead atoms. The maximum Gasteiger partial charge on any atom is 0.221 e. The fourth-order valence-corrected chi connectivity index (χ4v) is 2.30. The summed E-state index contributed by atoms with van der Waals surface area (Å²) in [5, 5.41) is 3.21. The highest BCUT2D eigenvalue weighted by atomic mass is 16.5. The maximum absolute atomic E-state index is 5.82. The zero-order chi connectivity index (χ0) is 12.1. The Morgan fingerprint density at radius 3 is 2.82 bits per heavy atom. The van der Waals surface area contributed by atoms with E-state index in [1.807, 2.05) is 6.92 Å². The Kier molecular flexibility index (Phi) is 4.18. The van der Waals surface area contributed by atoms with Gasteiger partial charge in [0, 0.05) is 6.54 Å². The zero-order valence-corrected chi connectivity index (χ0v) is 10.7. The van der Waals surface area contributed by atoms with E-state index in [1.54, 1.807) is 6.33 Å². The Labute approximate surface area is 103 Å². The first kappa shape index (κ1) is 12.1. The highest BCUT2D eigenvalue weighted by Gasteiger charge is 2.16. The molecule has 94 valence electrons. The monoisotopic (exact) mass is 235 g/mol. The maximum atomic E-state index is 5.82. The zero-order valence-electron chi connectivity index (χ0n) is 10.7. The van der Waals surface area contributed by atoms with E-state index in [0.717, 1.165) is 30.4 Å². The summed E-state index contributed by atoms with van der Waals surface area (Å²) in [6.45, 7) is 5.71. The van der Waals surface area contributed by atoms with Crippen LogP contribution in [0.3, 0.4) is 0 Å². The number of rotatable bonds is 5. The Morgan fingerprint density at radius 2 is 2.12 bits per heavy atom. The highest BCUT2D eigenvalue weighted by Crippen LogP contribution is 2.26. The molecule has 0 unspecified atom stereocenters. The fraction of sp³-hybridized carbons (Fsp3) is 0.692. The summed E-state index contributed by atoms with van der Waals surface area (Å²) >= 11 is 0. The van der Waals surface area contributed by atoms with Gasteiger partial charge in [-0.2, -0.15) is 0 Å². The Balaban J connectivity index is 1.97. The average molecular weight is 235 g/mol. The van der Waals surface area contributed by atoms with Crippen molar-refractivity contribution >= 4 is 5.82 Å². The van der Waals surface area contributed by atoms with Crippen molar-refractivity contribution in [1.29, 1.82) is 0 Å². The van der Waals surface area contributed by atoms with Gasteiger partial charge in [-0.05, 0) is 32.6 Å². The molecule has 1 fully saturated rings. The number of nitrogens with zero attached hydrogens (tertiary/aromatic N) is 2. The van der Waals surface area contributed by atoms with Crippen LogP contribution in [0.25, 0.3) is 0 Å². The first-order valence-corrected chi connectivity index (χ1v) is 6.49. The molecular formula is C13H21N3O. The van der Waals surface area contributed by atoms with Gasteiger partial charge in [0.15, 0.2) is 0 Å². The van der Waals surface area contributed by atoms with Crippen LogP contribution in [0.5, 0.6) is 5.88 Å². The van der Waals surface area contributed by atoms with Crippen molar-refractivity contribution < 1.29 is 4.74 Å². The van der Waals surface area contributed by atoms with Crippen LogP contribution >= 0.6 is 0 Å². The van der Waals surface area contributed by atoms with Crippen LogP contribution in [-0.2, 0) is 0 Å². The van der Waals surface area contributed by atoms with Gasteiger partial charge in [0.2, 0.25) is 5.88 Å². The molecule has 4 nitrogen and oxygen atoms in total. The minimum absolute atomic E-state index is 0.715. The SMILES string of the molecule is CCNc1ncnc(OCC2CCCC2)c1C. The Hall–Kier alpha value is -1.32. The van der Waals surface area contributed by atoms with E-state index < -0.39 is 0 Å². The predicted molar refractivity (Wildman–Crippen MR) is 68.4 cm³/mol. The summed E-state index contributed by atoms with van der Waals surface area (Å²) in [5.41, 5.74) is 1.01. The second-order valence-electron chi connectivity index (χ2n) is 4.64. The predicted octanol–water partition coefficient (Wildman–Crippen LogP) is 2.79. The van der Waals surface area contributed by atoms with Crippen LogP contribution in [0, 0.1) is 12.8 Å². The number of aromatic nitrogens is 2. The van der Waals surface area contributed by atoms with E-state index >= 15 is 0 Å². The summed E-state index contributed by atoms with van der Waals surface area (Å²) < 4.78 is 5.82. The first-order valence-electron chi connectivity index (χ1n) is 6.49. The molecule has 17 heavy (non-hydrogen) atoms. The molecule has 2 rings (SSSR count). The lowest BCUT2D eigenvalue weighted by molar-refractivity contribution is 0.241. The molecule has 0 amide bonds. The second kappa shape index (κ2) is 5.84. The van der Waals surface area contributed by atoms with Crippen LogP contribution in [0.2, 0.25) is 0 Å². The minimum atomic E-state index is 0.715. The number of hydrogen-bond acceptors (Lipinski definition) is 4. The highest BCUT2D eigenvalue weighted by molar-refractivity contribution is 5.47. The summed E-state index contributed by atoms with van der Waals surface area (Å²) in [6.07, 6.45) is 6.85. The molecule has 1 aromatic rings. The molecule has 1 N–H and O–H groups in total. The van der Waals surface area contributed by atoms with Gasteiger partial charge in [-0.25, -0.2) is 9.97 Å². The fourth-order valence-electron chi connectivity index (χ4n) is 2.30. The smallest absolute Gasteiger partial charge is 0.221 e. The van der Waals surface area contributed by atoms with Crippen LogP contribution in [0.1, 0.15) is 38.2 Å². The molecule has 0 spiro atoms. The van der Waals surface area contributed by atoms with Crippen LogP contribution in [-0.4, -0.2) is 23.1 Å². The normalized spacial score (nSPS) is 16.1. The molecule has 1 heterocycles. The second-order valence-corrected chi connectivity index (χ2v) is 4.64. The number of ether oxygens (including phenoxy) is 1. The van der Waals surface area contributed by atoms with Gasteiger partial charge >= 0.3 is 0 Å². The topological polar surface area (TPSA) is 47.0 Å². The quantitative estimate of drug-likeness (QED) is 0.852. The van der Waals surface area contributed by atoms with Gasteiger partial charge in [0.25, 0.3) is 0 Å². The third-order valence-corrected chi connectivity index (χ3v) is 3.31. The minimum Gasteiger partial charge on any atom is -0.477 e. The number of anilines is 1. The van der Waals surface area contributed by atoms with Crippen molar-refractivity contribution in [3.05, 3.63) is 11.9 Å². The van der Waals surface area contributed by atoms with E-state index in [1.165, 1.54) is 25.7 Å². The first-order chi connectivity index (χ1) is 8.31. The van der Waals surface area contributed by atoms with Gasteiger partial charge < -0.3 is 10.1 Å². The molecular weight excluding hydrogens is 214 g/mol. The van der Waals surface area contributed by atoms with Crippen molar-refractivity contribution in [2.24, 2.45) is 5.92 Å². The van der Waals surface area contributed by atoms with Crippen molar-refractivity contribution in [3.63, 3.8) is 0 Å². The number of hydrogen-bond donors (Lipinski definition) is 1. The van der Waals surface area contributed by atoms with Crippen LogP contribution < -0.4 is 10.1 Å². The van der Waals surface area contributed by atoms with Crippen molar-refractivity contribution in [1.82, 2.24) is 9.97 Å². The molecule has 0 atom stereocenters. The van der Waals surface area contributed by atoms with Gasteiger partial charge in [-0.1, -0.05) is 12.8 Å². The molecule has 0 saturated heterocycles. The Morgan fingerprint density at radius 1 is 1.35 bits per heavy atom. The van der Waals surface area contributed by atoms with E-state index in [9.17, 15) is 0 Å². The van der Waals surface area contributed by atoms with E-state index in [4.69, 9.17) is 4.74 Å². The van der Waals surface area contributed by atoms with Crippen molar-refractivity contribution in [2.75, 3.05) is 18.5 Å². The summed E-state index contributed by atoms with van der Waals surface area (Å²) in [5.74, 6) is 2.32. The van der Waals surface area contributed by atoms with Crippen molar-refractivity contribution in [2.45, 2.75) is 39.5 Å². The summed E-state index contributed by atoms with van der Waals surface area (Å²) in [4.78, 5) is 8.42. The van der Waals surface area contributed by atoms with Crippen LogP contribution in [0.4, 0.5) is 5.82 Å². The molecule has 1 aliphatic rings. The molecule has 4 heteroatoms. The lowest BCUT2D eigenvalue weighted by Crippen LogP contribution is -2.11. The molecule has 1 aromatic heterocycles. The van der Waals surface area contributed by atoms with Gasteiger partial charge in [-0.3, -0.25) is 0 Å². The molecule has 0 radical (unpaired) electrons. The molecule has 1 aliphatic carbocycles. The lowest BCUT2D eigenvalue weighted by atomic mass is 10.1. The van der Waals surface area contributed by atoms with E-state index in [-0.39, 0.29) is 0 Å². The summed E-state index contributed by atoms with van der Waals surface area (Å²) in [6, 6.07) is 0. The third kappa shape index (κ3) is 3.08. The standard InChI is InChI=1S/C13H21N3O/c1-3-14-12-10(2)13(16-9-15-12)17-8-11-6-4-5-7-11/h9,11H,3-8H2,1-2H3,(H,14,15,16). The van der Waals surface area contributed by atoms with Gasteiger partial charge in [0.1, 0.15) is 12.1 Å². The van der Waals surface area contributed by atoms with Gasteiger partial charge in [0.05, 0.1) is 12.2 Å². The Bertz CT molecular complexity index is 362.